The monoisotopic (exact) mass is 390 g/mol. The zero-order valence-electron chi connectivity index (χ0n) is 15.1. The summed E-state index contributed by atoms with van der Waals surface area (Å²) in [7, 11) is -0.318. The van der Waals surface area contributed by atoms with Crippen molar-refractivity contribution in [2.45, 2.75) is 25.4 Å². The Morgan fingerprint density at radius 2 is 2.23 bits per heavy atom. The van der Waals surface area contributed by atoms with Gasteiger partial charge in [0.05, 0.1) is 19.0 Å². The minimum atomic E-state index is -4.22. The maximum atomic E-state index is 10.9. The molecule has 1 aromatic heterocycles. The Morgan fingerprint density at radius 3 is 2.85 bits per heavy atom. The van der Waals surface area contributed by atoms with E-state index in [1.165, 1.54) is 0 Å². The van der Waals surface area contributed by atoms with Crippen LogP contribution in [0.3, 0.4) is 0 Å². The van der Waals surface area contributed by atoms with Gasteiger partial charge in [0.2, 0.25) is 0 Å². The predicted molar refractivity (Wildman–Crippen MR) is 96.5 cm³/mol. The van der Waals surface area contributed by atoms with Gasteiger partial charge in [-0.25, -0.2) is 4.98 Å². The molecular weight excluding hydrogens is 363 g/mol. The van der Waals surface area contributed by atoms with Gasteiger partial charge in [-0.2, -0.15) is 4.99 Å². The molecule has 1 unspecified atom stereocenters. The maximum Gasteiger partial charge on any atom is 0.350 e. The SMILES string of the molecule is C[C@H](Cn1cnc2c1N=C(N)NC2(N)NCCN(C)C)OCP(=O)(O)O. The van der Waals surface area contributed by atoms with Crippen LogP contribution in [-0.2, 0) is 21.6 Å². The lowest BCUT2D eigenvalue weighted by Gasteiger charge is -2.34. The lowest BCUT2D eigenvalue weighted by Crippen LogP contribution is -2.66. The highest BCUT2D eigenvalue weighted by Crippen LogP contribution is 2.34. The van der Waals surface area contributed by atoms with Crippen LogP contribution in [0.2, 0.25) is 0 Å². The van der Waals surface area contributed by atoms with Gasteiger partial charge in [-0.15, -0.1) is 0 Å². The standard InChI is InChI=1S/C13H27N8O4P/c1-9(25-8-26(22,23)24)6-21-7-16-10-11(21)18-12(14)19-13(10,15)17-4-5-20(2)3/h7,9,17H,4-6,8,15H2,1-3H3,(H3,14,18,19)(H2,22,23,24)/t9-,13?/m1/s1. The van der Waals surface area contributed by atoms with Gasteiger partial charge < -0.3 is 35.0 Å². The van der Waals surface area contributed by atoms with E-state index < -0.39 is 25.8 Å². The predicted octanol–water partition coefficient (Wildman–Crippen LogP) is -1.81. The largest absolute Gasteiger partial charge is 0.370 e. The van der Waals surface area contributed by atoms with Crippen molar-refractivity contribution in [3.8, 4) is 0 Å². The normalized spacial score (nSPS) is 21.3. The fourth-order valence-electron chi connectivity index (χ4n) is 2.47. The lowest BCUT2D eigenvalue weighted by molar-refractivity contribution is 0.0760. The average molecular weight is 390 g/mol. The minimum absolute atomic E-state index is 0.142. The van der Waals surface area contributed by atoms with Gasteiger partial charge in [0, 0.05) is 13.1 Å². The fraction of sp³-hybridized carbons (Fsp3) is 0.692. The molecule has 8 N–H and O–H groups in total. The lowest BCUT2D eigenvalue weighted by atomic mass is 10.2. The first kappa shape index (κ1) is 20.8. The molecule has 0 aromatic carbocycles. The molecule has 12 nitrogen and oxygen atoms in total. The van der Waals surface area contributed by atoms with Crippen molar-refractivity contribution in [1.29, 1.82) is 0 Å². The molecule has 0 amide bonds. The molecule has 1 aromatic rings. The van der Waals surface area contributed by atoms with Crippen LogP contribution in [0.1, 0.15) is 12.6 Å². The first-order valence-corrected chi connectivity index (χ1v) is 9.82. The zero-order chi connectivity index (χ0) is 19.5. The van der Waals surface area contributed by atoms with Crippen LogP contribution in [0.25, 0.3) is 0 Å². The van der Waals surface area contributed by atoms with E-state index in [4.69, 9.17) is 26.0 Å². The van der Waals surface area contributed by atoms with Crippen molar-refractivity contribution < 1.29 is 19.1 Å². The third kappa shape index (κ3) is 5.48. The Hall–Kier alpha value is -1.53. The second-order valence-electron chi connectivity index (χ2n) is 6.50. The second kappa shape index (κ2) is 8.01. The van der Waals surface area contributed by atoms with Crippen LogP contribution in [0, 0.1) is 0 Å². The fourth-order valence-corrected chi connectivity index (χ4v) is 2.92. The third-order valence-corrected chi connectivity index (χ3v) is 4.16. The van der Waals surface area contributed by atoms with Gasteiger partial charge in [0.25, 0.3) is 0 Å². The van der Waals surface area contributed by atoms with Gasteiger partial charge >= 0.3 is 7.60 Å². The molecule has 0 radical (unpaired) electrons. The van der Waals surface area contributed by atoms with E-state index in [0.717, 1.165) is 6.54 Å². The molecule has 1 aliphatic rings. The molecular formula is C13H27N8O4P. The Bertz CT molecular complexity index is 702. The molecule has 0 bridgehead atoms. The number of imidazole rings is 1. The number of aliphatic imine (C=N–C) groups is 1. The summed E-state index contributed by atoms with van der Waals surface area (Å²) in [4.78, 5) is 28.4. The summed E-state index contributed by atoms with van der Waals surface area (Å²) in [6.45, 7) is 3.34. The molecule has 0 fully saturated rings. The molecule has 26 heavy (non-hydrogen) atoms. The third-order valence-electron chi connectivity index (χ3n) is 3.68. The van der Waals surface area contributed by atoms with Crippen LogP contribution in [0.5, 0.6) is 0 Å². The summed E-state index contributed by atoms with van der Waals surface area (Å²) < 4.78 is 17.8. The molecule has 2 rings (SSSR count). The number of likely N-dealkylation sites (N-methyl/N-ethyl adjacent to an activating group) is 1. The Labute approximate surface area is 151 Å². The molecule has 1 aliphatic heterocycles. The summed E-state index contributed by atoms with van der Waals surface area (Å²) >= 11 is 0. The van der Waals surface area contributed by atoms with Crippen molar-refractivity contribution in [3.05, 3.63) is 12.0 Å². The number of rotatable bonds is 9. The highest BCUT2D eigenvalue weighted by atomic mass is 31.2. The number of guanidine groups is 1. The van der Waals surface area contributed by atoms with Gasteiger partial charge in [0.1, 0.15) is 12.0 Å². The molecule has 2 atom stereocenters. The van der Waals surface area contributed by atoms with Crippen molar-refractivity contribution >= 4 is 19.4 Å². The Balaban J connectivity index is 2.13. The molecule has 148 valence electrons. The molecule has 0 saturated carbocycles. The summed E-state index contributed by atoms with van der Waals surface area (Å²) in [5.41, 5.74) is 12.7. The van der Waals surface area contributed by atoms with Crippen LogP contribution >= 0.6 is 7.60 Å². The number of nitrogens with zero attached hydrogens (tertiary/aromatic N) is 4. The van der Waals surface area contributed by atoms with E-state index in [2.05, 4.69) is 20.6 Å². The Kier molecular flexibility index (Phi) is 6.40. The summed E-state index contributed by atoms with van der Waals surface area (Å²) in [6.07, 6.45) is 0.424. The van der Waals surface area contributed by atoms with Gasteiger partial charge in [-0.05, 0) is 21.0 Å². The average Bonchev–Trinajstić information content (AvgIpc) is 2.87. The van der Waals surface area contributed by atoms with E-state index in [1.54, 1.807) is 17.8 Å². The molecule has 2 heterocycles. The highest BCUT2D eigenvalue weighted by Gasteiger charge is 2.37. The van der Waals surface area contributed by atoms with Crippen molar-refractivity contribution in [3.63, 3.8) is 0 Å². The van der Waals surface area contributed by atoms with Crippen LogP contribution in [0.4, 0.5) is 5.82 Å². The maximum absolute atomic E-state index is 10.9. The number of nitrogens with two attached hydrogens (primary N) is 2. The summed E-state index contributed by atoms with van der Waals surface area (Å²) in [6, 6.07) is 0. The van der Waals surface area contributed by atoms with Crippen LogP contribution < -0.4 is 22.1 Å². The van der Waals surface area contributed by atoms with E-state index in [1.807, 2.05) is 19.0 Å². The summed E-state index contributed by atoms with van der Waals surface area (Å²) in [5.74, 6) is -0.561. The van der Waals surface area contributed by atoms with E-state index in [0.29, 0.717) is 18.1 Å². The van der Waals surface area contributed by atoms with E-state index >= 15 is 0 Å². The molecule has 0 aliphatic carbocycles. The summed E-state index contributed by atoms with van der Waals surface area (Å²) in [5, 5.41) is 6.08. The van der Waals surface area contributed by atoms with E-state index in [9.17, 15) is 4.57 Å². The van der Waals surface area contributed by atoms with Crippen molar-refractivity contribution in [2.24, 2.45) is 16.5 Å². The first-order valence-electron chi connectivity index (χ1n) is 8.03. The van der Waals surface area contributed by atoms with Gasteiger partial charge in [-0.1, -0.05) is 0 Å². The molecule has 0 spiro atoms. The number of fused-ring (bicyclic) bond motifs is 1. The zero-order valence-corrected chi connectivity index (χ0v) is 16.0. The smallest absolute Gasteiger partial charge is 0.350 e. The van der Waals surface area contributed by atoms with Gasteiger partial charge in [-0.3, -0.25) is 15.6 Å². The van der Waals surface area contributed by atoms with Crippen LogP contribution in [-0.4, -0.2) is 69.8 Å². The number of hydrogen-bond acceptors (Lipinski definition) is 9. The minimum Gasteiger partial charge on any atom is -0.370 e. The topological polar surface area (TPSA) is 176 Å². The number of aromatic nitrogens is 2. The quantitative estimate of drug-likeness (QED) is 0.208. The van der Waals surface area contributed by atoms with E-state index in [-0.39, 0.29) is 12.5 Å². The number of ether oxygens (including phenoxy) is 1. The number of nitrogens with one attached hydrogen (secondary N) is 2. The first-order chi connectivity index (χ1) is 12.0. The van der Waals surface area contributed by atoms with Gasteiger partial charge in [0.15, 0.2) is 17.6 Å². The van der Waals surface area contributed by atoms with Crippen molar-refractivity contribution in [1.82, 2.24) is 25.1 Å². The number of hydrogen-bond donors (Lipinski definition) is 6. The molecule has 0 saturated heterocycles. The Morgan fingerprint density at radius 1 is 1.54 bits per heavy atom. The highest BCUT2D eigenvalue weighted by molar-refractivity contribution is 7.51. The second-order valence-corrected chi connectivity index (χ2v) is 8.09. The molecule has 13 heteroatoms. The van der Waals surface area contributed by atoms with Crippen molar-refractivity contribution in [2.75, 3.05) is 33.5 Å². The van der Waals surface area contributed by atoms with Crippen LogP contribution in [0.15, 0.2) is 11.3 Å².